The van der Waals surface area contributed by atoms with Gasteiger partial charge in [-0.3, -0.25) is 9.89 Å². The molecule has 164 valence electrons. The number of thiazole rings is 1. The number of hydrogen-bond donors (Lipinski definition) is 2. The molecule has 0 bridgehead atoms. The SMILES string of the molecule is Cc1nc(-c2n[nH]c(C)c2CCc2ccc(F)cc2)sc1C(=O)NCc1ccc(F)cc1. The fraction of sp³-hybridized carbons (Fsp3) is 0.208. The summed E-state index contributed by atoms with van der Waals surface area (Å²) in [5.74, 6) is -0.791. The van der Waals surface area contributed by atoms with Crippen molar-refractivity contribution in [2.24, 2.45) is 0 Å². The third-order valence-electron chi connectivity index (χ3n) is 5.22. The lowest BCUT2D eigenvalue weighted by Crippen LogP contribution is -2.22. The number of carbonyl (C=O) groups is 1. The first-order chi connectivity index (χ1) is 15.4. The van der Waals surface area contributed by atoms with Gasteiger partial charge in [0, 0.05) is 17.8 Å². The van der Waals surface area contributed by atoms with Gasteiger partial charge in [-0.25, -0.2) is 13.8 Å². The van der Waals surface area contributed by atoms with Crippen LogP contribution in [0.5, 0.6) is 0 Å². The Hall–Kier alpha value is -3.39. The van der Waals surface area contributed by atoms with Crippen LogP contribution in [-0.4, -0.2) is 21.1 Å². The molecule has 0 fully saturated rings. The monoisotopic (exact) mass is 452 g/mol. The second-order valence-electron chi connectivity index (χ2n) is 7.54. The van der Waals surface area contributed by atoms with Gasteiger partial charge in [0.15, 0.2) is 0 Å². The molecular weight excluding hydrogens is 430 g/mol. The van der Waals surface area contributed by atoms with Crippen molar-refractivity contribution >= 4 is 17.2 Å². The number of hydrogen-bond acceptors (Lipinski definition) is 4. The van der Waals surface area contributed by atoms with Gasteiger partial charge in [0.2, 0.25) is 0 Å². The molecule has 4 rings (SSSR count). The van der Waals surface area contributed by atoms with Crippen LogP contribution in [0.25, 0.3) is 10.7 Å². The molecule has 0 atom stereocenters. The van der Waals surface area contributed by atoms with E-state index >= 15 is 0 Å². The number of H-pyrrole nitrogens is 1. The molecule has 0 spiro atoms. The standard InChI is InChI=1S/C24H22F2N4OS/c1-14-20(12-7-16-3-8-18(25)9-4-16)21(30-29-14)24-28-15(2)22(32-24)23(31)27-13-17-5-10-19(26)11-6-17/h3-6,8-11H,7,12-13H2,1-2H3,(H,27,31)(H,29,30). The summed E-state index contributed by atoms with van der Waals surface area (Å²) in [5.41, 5.74) is 5.18. The van der Waals surface area contributed by atoms with Crippen LogP contribution in [-0.2, 0) is 19.4 Å². The zero-order chi connectivity index (χ0) is 22.7. The van der Waals surface area contributed by atoms with Crippen molar-refractivity contribution in [3.8, 4) is 10.7 Å². The van der Waals surface area contributed by atoms with Crippen molar-refractivity contribution in [3.63, 3.8) is 0 Å². The van der Waals surface area contributed by atoms with E-state index in [2.05, 4.69) is 20.5 Å². The number of benzene rings is 2. The Morgan fingerprint density at radius 1 is 0.969 bits per heavy atom. The Bertz CT molecular complexity index is 1230. The van der Waals surface area contributed by atoms with E-state index in [-0.39, 0.29) is 17.5 Å². The van der Waals surface area contributed by atoms with Crippen LogP contribution >= 0.6 is 11.3 Å². The average molecular weight is 453 g/mol. The van der Waals surface area contributed by atoms with E-state index in [1.165, 1.54) is 35.6 Å². The highest BCUT2D eigenvalue weighted by molar-refractivity contribution is 7.17. The molecule has 8 heteroatoms. The molecule has 0 saturated heterocycles. The first-order valence-electron chi connectivity index (χ1n) is 10.2. The number of aromatic nitrogens is 3. The topological polar surface area (TPSA) is 70.7 Å². The van der Waals surface area contributed by atoms with Crippen LogP contribution in [0, 0.1) is 25.5 Å². The fourth-order valence-corrected chi connectivity index (χ4v) is 4.43. The van der Waals surface area contributed by atoms with Crippen LogP contribution in [0.3, 0.4) is 0 Å². The second kappa shape index (κ2) is 9.40. The second-order valence-corrected chi connectivity index (χ2v) is 8.54. The van der Waals surface area contributed by atoms with Crippen LogP contribution in [0.15, 0.2) is 48.5 Å². The molecule has 0 radical (unpaired) electrons. The third-order valence-corrected chi connectivity index (χ3v) is 6.39. The number of carbonyl (C=O) groups excluding carboxylic acids is 1. The van der Waals surface area contributed by atoms with Gasteiger partial charge in [-0.1, -0.05) is 24.3 Å². The van der Waals surface area contributed by atoms with E-state index in [1.54, 1.807) is 31.2 Å². The third kappa shape index (κ3) is 4.91. The molecular formula is C24H22F2N4OS. The quantitative estimate of drug-likeness (QED) is 0.408. The molecule has 0 unspecified atom stereocenters. The smallest absolute Gasteiger partial charge is 0.263 e. The highest BCUT2D eigenvalue weighted by Gasteiger charge is 2.20. The van der Waals surface area contributed by atoms with E-state index in [1.807, 2.05) is 6.92 Å². The largest absolute Gasteiger partial charge is 0.347 e. The number of amides is 1. The van der Waals surface area contributed by atoms with E-state index in [0.29, 0.717) is 28.5 Å². The first-order valence-corrected chi connectivity index (χ1v) is 11.0. The molecule has 2 heterocycles. The van der Waals surface area contributed by atoms with Crippen LogP contribution in [0.1, 0.15) is 37.7 Å². The Morgan fingerprint density at radius 2 is 1.59 bits per heavy atom. The zero-order valence-corrected chi connectivity index (χ0v) is 18.5. The van der Waals surface area contributed by atoms with E-state index in [4.69, 9.17) is 0 Å². The normalized spacial score (nSPS) is 11.0. The minimum absolute atomic E-state index is 0.226. The molecule has 2 aromatic carbocycles. The maximum Gasteiger partial charge on any atom is 0.263 e. The van der Waals surface area contributed by atoms with Crippen LogP contribution < -0.4 is 5.32 Å². The van der Waals surface area contributed by atoms with Crippen LogP contribution in [0.2, 0.25) is 0 Å². The summed E-state index contributed by atoms with van der Waals surface area (Å²) in [6, 6.07) is 12.5. The highest BCUT2D eigenvalue weighted by atomic mass is 32.1. The molecule has 1 amide bonds. The summed E-state index contributed by atoms with van der Waals surface area (Å²) in [5, 5.41) is 11.0. The van der Waals surface area contributed by atoms with Gasteiger partial charge in [-0.2, -0.15) is 5.10 Å². The Labute approximate surface area is 188 Å². The van der Waals surface area contributed by atoms with Crippen molar-refractivity contribution in [1.82, 2.24) is 20.5 Å². The summed E-state index contributed by atoms with van der Waals surface area (Å²) < 4.78 is 26.2. The number of halogens is 2. The lowest BCUT2D eigenvalue weighted by atomic mass is 10.0. The van der Waals surface area contributed by atoms with Crippen LogP contribution in [0.4, 0.5) is 8.78 Å². The summed E-state index contributed by atoms with van der Waals surface area (Å²) in [4.78, 5) is 17.8. The maximum atomic E-state index is 13.2. The number of nitrogens with zero attached hydrogens (tertiary/aromatic N) is 2. The summed E-state index contributed by atoms with van der Waals surface area (Å²) in [6.07, 6.45) is 1.46. The minimum Gasteiger partial charge on any atom is -0.347 e. The fourth-order valence-electron chi connectivity index (χ4n) is 3.43. The molecule has 2 N–H and O–H groups in total. The van der Waals surface area contributed by atoms with Crippen molar-refractivity contribution in [2.45, 2.75) is 33.2 Å². The molecule has 2 aromatic heterocycles. The van der Waals surface area contributed by atoms with Gasteiger partial charge in [0.05, 0.1) is 5.69 Å². The predicted molar refractivity (Wildman–Crippen MR) is 121 cm³/mol. The first kappa shape index (κ1) is 21.8. The van der Waals surface area contributed by atoms with Crippen molar-refractivity contribution in [2.75, 3.05) is 0 Å². The molecule has 5 nitrogen and oxygen atoms in total. The van der Waals surface area contributed by atoms with Crippen molar-refractivity contribution in [1.29, 1.82) is 0 Å². The van der Waals surface area contributed by atoms with Crippen molar-refractivity contribution in [3.05, 3.63) is 93.1 Å². The Kier molecular flexibility index (Phi) is 6.41. The minimum atomic E-state index is -0.312. The molecule has 32 heavy (non-hydrogen) atoms. The number of nitrogens with one attached hydrogen (secondary N) is 2. The van der Waals surface area contributed by atoms with Gasteiger partial charge in [0.1, 0.15) is 27.2 Å². The Balaban J connectivity index is 1.48. The lowest BCUT2D eigenvalue weighted by Gasteiger charge is -2.04. The molecule has 0 aliphatic carbocycles. The average Bonchev–Trinajstić information content (AvgIpc) is 3.35. The van der Waals surface area contributed by atoms with E-state index in [9.17, 15) is 13.6 Å². The van der Waals surface area contributed by atoms with Gasteiger partial charge in [0.25, 0.3) is 5.91 Å². The number of aromatic amines is 1. The molecule has 0 saturated carbocycles. The number of rotatable bonds is 7. The van der Waals surface area contributed by atoms with E-state index < -0.39 is 0 Å². The van der Waals surface area contributed by atoms with Gasteiger partial charge in [-0.05, 0) is 62.1 Å². The predicted octanol–water partition coefficient (Wildman–Crippen LogP) is 5.14. The van der Waals surface area contributed by atoms with Gasteiger partial charge < -0.3 is 5.32 Å². The summed E-state index contributed by atoms with van der Waals surface area (Å²) in [7, 11) is 0. The maximum absolute atomic E-state index is 13.2. The van der Waals surface area contributed by atoms with Gasteiger partial charge in [-0.15, -0.1) is 11.3 Å². The summed E-state index contributed by atoms with van der Waals surface area (Å²) >= 11 is 1.29. The van der Waals surface area contributed by atoms with Gasteiger partial charge >= 0.3 is 0 Å². The van der Waals surface area contributed by atoms with Crippen molar-refractivity contribution < 1.29 is 13.6 Å². The molecule has 0 aliphatic heterocycles. The lowest BCUT2D eigenvalue weighted by molar-refractivity contribution is 0.0954. The Morgan fingerprint density at radius 3 is 2.25 bits per heavy atom. The van der Waals surface area contributed by atoms with E-state index in [0.717, 1.165) is 34.5 Å². The molecule has 0 aliphatic rings. The molecule has 4 aromatic rings. The summed E-state index contributed by atoms with van der Waals surface area (Å²) in [6.45, 7) is 4.05. The highest BCUT2D eigenvalue weighted by Crippen LogP contribution is 2.31. The zero-order valence-electron chi connectivity index (χ0n) is 17.7. The number of aryl methyl sites for hydroxylation is 3.